The van der Waals surface area contributed by atoms with Crippen molar-refractivity contribution < 1.29 is 26.7 Å². The van der Waals surface area contributed by atoms with Crippen LogP contribution >= 0.6 is 11.8 Å². The van der Waals surface area contributed by atoms with E-state index in [1.165, 1.54) is 0 Å². The van der Waals surface area contributed by atoms with E-state index in [9.17, 15) is 26.7 Å². The summed E-state index contributed by atoms with van der Waals surface area (Å²) in [6.45, 7) is 0. The first-order valence-electron chi connectivity index (χ1n) is 6.03. The van der Waals surface area contributed by atoms with Crippen LogP contribution in [0.15, 0.2) is 23.4 Å². The molecular weight excluding hydrogens is 343 g/mol. The normalized spacial score (nSPS) is 11.6. The summed E-state index contributed by atoms with van der Waals surface area (Å²) < 4.78 is 64.1. The third kappa shape index (κ3) is 4.18. The van der Waals surface area contributed by atoms with Crippen LogP contribution in [0, 0.1) is 11.6 Å². The minimum Gasteiger partial charge on any atom is -0.325 e. The Hall–Kier alpha value is -2.17. The van der Waals surface area contributed by atoms with E-state index >= 15 is 0 Å². The highest BCUT2D eigenvalue weighted by atomic mass is 32.2. The molecular formula is C12H9F5N4OS. The van der Waals surface area contributed by atoms with Gasteiger partial charge in [0.25, 0.3) is 0 Å². The van der Waals surface area contributed by atoms with Gasteiger partial charge in [0, 0.05) is 18.8 Å². The maximum absolute atomic E-state index is 13.0. The van der Waals surface area contributed by atoms with Gasteiger partial charge in [-0.3, -0.25) is 4.79 Å². The fourth-order valence-corrected chi connectivity index (χ4v) is 2.30. The third-order valence-electron chi connectivity index (χ3n) is 2.62. The van der Waals surface area contributed by atoms with Gasteiger partial charge >= 0.3 is 6.18 Å². The Morgan fingerprint density at radius 2 is 1.96 bits per heavy atom. The minimum absolute atomic E-state index is 0.0310. The second-order valence-electron chi connectivity index (χ2n) is 4.33. The molecule has 23 heavy (non-hydrogen) atoms. The largest absolute Gasteiger partial charge is 0.451 e. The monoisotopic (exact) mass is 352 g/mol. The lowest BCUT2D eigenvalue weighted by Crippen LogP contribution is -2.15. The molecule has 1 amide bonds. The van der Waals surface area contributed by atoms with Gasteiger partial charge in [0.15, 0.2) is 16.8 Å². The van der Waals surface area contributed by atoms with Gasteiger partial charge in [0.2, 0.25) is 11.7 Å². The molecule has 0 atom stereocenters. The molecule has 0 aliphatic carbocycles. The van der Waals surface area contributed by atoms with Crippen LogP contribution in [-0.2, 0) is 18.0 Å². The topological polar surface area (TPSA) is 59.8 Å². The fraction of sp³-hybridized carbons (Fsp3) is 0.250. The number of nitrogens with zero attached hydrogens (tertiary/aromatic N) is 3. The van der Waals surface area contributed by atoms with Gasteiger partial charge < -0.3 is 9.88 Å². The Kier molecular flexibility index (Phi) is 4.88. The van der Waals surface area contributed by atoms with Crippen molar-refractivity contribution in [3.05, 3.63) is 35.7 Å². The molecule has 1 heterocycles. The zero-order valence-corrected chi connectivity index (χ0v) is 12.3. The summed E-state index contributed by atoms with van der Waals surface area (Å²) in [5.41, 5.74) is 0.0310. The van der Waals surface area contributed by atoms with Crippen molar-refractivity contribution in [2.45, 2.75) is 11.3 Å². The van der Waals surface area contributed by atoms with Crippen LogP contribution in [-0.4, -0.2) is 26.4 Å². The average Bonchev–Trinajstić information content (AvgIpc) is 2.82. The number of carbonyl (C=O) groups is 1. The van der Waals surface area contributed by atoms with Gasteiger partial charge in [-0.1, -0.05) is 11.8 Å². The van der Waals surface area contributed by atoms with Crippen LogP contribution in [0.1, 0.15) is 5.82 Å². The number of halogens is 5. The van der Waals surface area contributed by atoms with E-state index in [0.29, 0.717) is 0 Å². The lowest BCUT2D eigenvalue weighted by Gasteiger charge is -2.07. The Morgan fingerprint density at radius 1 is 1.26 bits per heavy atom. The second-order valence-corrected chi connectivity index (χ2v) is 5.27. The lowest BCUT2D eigenvalue weighted by atomic mass is 10.3. The Morgan fingerprint density at radius 3 is 2.52 bits per heavy atom. The number of rotatable bonds is 4. The Bertz CT molecular complexity index is 731. The van der Waals surface area contributed by atoms with Crippen molar-refractivity contribution in [2.75, 3.05) is 11.1 Å². The number of anilines is 1. The van der Waals surface area contributed by atoms with Gasteiger partial charge in [-0.25, -0.2) is 8.78 Å². The number of aromatic nitrogens is 3. The summed E-state index contributed by atoms with van der Waals surface area (Å²) in [6, 6.07) is 2.80. The molecule has 2 rings (SSSR count). The third-order valence-corrected chi connectivity index (χ3v) is 3.64. The van der Waals surface area contributed by atoms with Crippen molar-refractivity contribution in [2.24, 2.45) is 7.05 Å². The number of hydrogen-bond donors (Lipinski definition) is 1. The predicted octanol–water partition coefficient (Wildman–Crippen LogP) is 2.84. The summed E-state index contributed by atoms with van der Waals surface area (Å²) in [5, 5.41) is 8.56. The number of thioether (sulfide) groups is 1. The number of amides is 1. The zero-order valence-electron chi connectivity index (χ0n) is 11.5. The number of benzene rings is 1. The zero-order chi connectivity index (χ0) is 17.2. The Balaban J connectivity index is 1.97. The molecule has 0 saturated heterocycles. The first-order chi connectivity index (χ1) is 10.7. The molecule has 5 nitrogen and oxygen atoms in total. The second kappa shape index (κ2) is 6.52. The van der Waals surface area contributed by atoms with E-state index in [0.717, 1.165) is 41.6 Å². The molecule has 1 aromatic carbocycles. The van der Waals surface area contributed by atoms with Crippen molar-refractivity contribution in [3.63, 3.8) is 0 Å². The standard InChI is InChI=1S/C12H9F5N4OS/c1-21-10(12(15,16)17)19-20-11(21)23-5-9(22)18-6-2-3-7(13)8(14)4-6/h2-4H,5H2,1H3,(H,18,22). The number of hydrogen-bond acceptors (Lipinski definition) is 4. The molecule has 0 bridgehead atoms. The Labute approximate surface area is 130 Å². The fourth-order valence-electron chi connectivity index (χ4n) is 1.59. The first kappa shape index (κ1) is 17.2. The molecule has 0 radical (unpaired) electrons. The molecule has 0 spiro atoms. The van der Waals surface area contributed by atoms with Gasteiger partial charge in [-0.05, 0) is 12.1 Å². The molecule has 0 fully saturated rings. The van der Waals surface area contributed by atoms with Crippen LogP contribution in [0.2, 0.25) is 0 Å². The van der Waals surface area contributed by atoms with Gasteiger partial charge in [0.1, 0.15) is 0 Å². The van der Waals surface area contributed by atoms with E-state index in [1.807, 2.05) is 0 Å². The molecule has 1 aromatic heterocycles. The molecule has 2 aromatic rings. The number of alkyl halides is 3. The lowest BCUT2D eigenvalue weighted by molar-refractivity contribution is -0.147. The minimum atomic E-state index is -4.64. The van der Waals surface area contributed by atoms with E-state index in [4.69, 9.17) is 0 Å². The van der Waals surface area contributed by atoms with E-state index in [2.05, 4.69) is 15.5 Å². The predicted molar refractivity (Wildman–Crippen MR) is 71.7 cm³/mol. The molecule has 0 saturated carbocycles. The van der Waals surface area contributed by atoms with Crippen LogP contribution in [0.25, 0.3) is 0 Å². The summed E-state index contributed by atoms with van der Waals surface area (Å²) in [5.74, 6) is -4.25. The van der Waals surface area contributed by atoms with Crippen molar-refractivity contribution in [3.8, 4) is 0 Å². The SMILES string of the molecule is Cn1c(SCC(=O)Nc2ccc(F)c(F)c2)nnc1C(F)(F)F. The van der Waals surface area contributed by atoms with Crippen LogP contribution < -0.4 is 5.32 Å². The number of carbonyl (C=O) groups excluding carboxylic acids is 1. The maximum atomic E-state index is 13.0. The van der Waals surface area contributed by atoms with Gasteiger partial charge in [-0.2, -0.15) is 13.2 Å². The highest BCUT2D eigenvalue weighted by Gasteiger charge is 2.37. The van der Waals surface area contributed by atoms with Crippen molar-refractivity contribution in [1.82, 2.24) is 14.8 Å². The summed E-state index contributed by atoms with van der Waals surface area (Å²) >= 11 is 0.728. The molecule has 124 valence electrons. The van der Waals surface area contributed by atoms with Crippen LogP contribution in [0.4, 0.5) is 27.6 Å². The first-order valence-corrected chi connectivity index (χ1v) is 7.01. The van der Waals surface area contributed by atoms with Crippen molar-refractivity contribution >= 4 is 23.4 Å². The quantitative estimate of drug-likeness (QED) is 0.679. The van der Waals surface area contributed by atoms with E-state index < -0.39 is 29.5 Å². The average molecular weight is 352 g/mol. The van der Waals surface area contributed by atoms with Crippen LogP contribution in [0.5, 0.6) is 0 Å². The summed E-state index contributed by atoms with van der Waals surface area (Å²) in [7, 11) is 1.12. The smallest absolute Gasteiger partial charge is 0.325 e. The maximum Gasteiger partial charge on any atom is 0.451 e. The summed E-state index contributed by atoms with van der Waals surface area (Å²) in [6.07, 6.45) is -4.64. The van der Waals surface area contributed by atoms with Gasteiger partial charge in [0.05, 0.1) is 5.75 Å². The molecule has 0 unspecified atom stereocenters. The van der Waals surface area contributed by atoms with Crippen molar-refractivity contribution in [1.29, 1.82) is 0 Å². The highest BCUT2D eigenvalue weighted by Crippen LogP contribution is 2.29. The van der Waals surface area contributed by atoms with E-state index in [1.54, 1.807) is 0 Å². The number of nitrogens with one attached hydrogen (secondary N) is 1. The molecule has 0 aliphatic rings. The molecule has 11 heteroatoms. The van der Waals surface area contributed by atoms with Gasteiger partial charge in [-0.15, -0.1) is 10.2 Å². The van der Waals surface area contributed by atoms with E-state index in [-0.39, 0.29) is 16.6 Å². The molecule has 0 aliphatic heterocycles. The highest BCUT2D eigenvalue weighted by molar-refractivity contribution is 7.99. The molecule has 1 N–H and O–H groups in total. The van der Waals surface area contributed by atoms with Crippen LogP contribution in [0.3, 0.4) is 0 Å². The summed E-state index contributed by atoms with van der Waals surface area (Å²) in [4.78, 5) is 11.7.